The van der Waals surface area contributed by atoms with Crippen molar-refractivity contribution in [1.29, 1.82) is 0 Å². The molecule has 0 spiro atoms. The van der Waals surface area contributed by atoms with Crippen LogP contribution in [0.2, 0.25) is 5.15 Å². The van der Waals surface area contributed by atoms with E-state index in [1.807, 2.05) is 6.92 Å². The summed E-state index contributed by atoms with van der Waals surface area (Å²) in [7, 11) is 4.19. The lowest BCUT2D eigenvalue weighted by molar-refractivity contribution is 0.253. The third-order valence-electron chi connectivity index (χ3n) is 2.76. The summed E-state index contributed by atoms with van der Waals surface area (Å²) in [5.41, 5.74) is 0.925. The molecular weight excluding hydrogens is 248 g/mol. The normalized spacial score (nSPS) is 11.5. The van der Waals surface area contributed by atoms with Crippen LogP contribution in [0.4, 0.5) is 0 Å². The van der Waals surface area contributed by atoms with E-state index in [2.05, 4.69) is 40.8 Å². The molecule has 0 N–H and O–H groups in total. The minimum atomic E-state index is 0.529. The van der Waals surface area contributed by atoms with Crippen molar-refractivity contribution >= 4 is 11.6 Å². The first-order valence-corrected chi connectivity index (χ1v) is 6.76. The number of hydrogen-bond acceptors (Lipinski definition) is 4. The Bertz CT molecular complexity index is 348. The second-order valence-corrected chi connectivity index (χ2v) is 5.16. The van der Waals surface area contributed by atoms with Gasteiger partial charge in [-0.3, -0.25) is 4.90 Å². The lowest BCUT2D eigenvalue weighted by Crippen LogP contribution is -2.27. The smallest absolute Gasteiger partial charge is 0.144 e. The van der Waals surface area contributed by atoms with E-state index in [0.29, 0.717) is 5.15 Å². The summed E-state index contributed by atoms with van der Waals surface area (Å²) in [6, 6.07) is 1.79. The molecule has 0 aliphatic heterocycles. The van der Waals surface area contributed by atoms with Gasteiger partial charge in [0.1, 0.15) is 11.0 Å². The van der Waals surface area contributed by atoms with E-state index in [1.54, 1.807) is 6.07 Å². The molecule has 0 fully saturated rings. The van der Waals surface area contributed by atoms with E-state index in [-0.39, 0.29) is 0 Å². The Hall–Kier alpha value is -0.710. The summed E-state index contributed by atoms with van der Waals surface area (Å²) in [5, 5.41) is 0.529. The van der Waals surface area contributed by atoms with E-state index in [0.717, 1.165) is 44.1 Å². The highest BCUT2D eigenvalue weighted by atomic mass is 35.5. The van der Waals surface area contributed by atoms with Gasteiger partial charge in [-0.25, -0.2) is 9.97 Å². The van der Waals surface area contributed by atoms with Gasteiger partial charge in [0.05, 0.1) is 6.54 Å². The molecule has 0 radical (unpaired) electrons. The summed E-state index contributed by atoms with van der Waals surface area (Å²) in [6.45, 7) is 8.04. The maximum absolute atomic E-state index is 5.95. The van der Waals surface area contributed by atoms with Gasteiger partial charge in [0.25, 0.3) is 0 Å². The van der Waals surface area contributed by atoms with Gasteiger partial charge in [-0.1, -0.05) is 18.5 Å². The number of nitrogens with zero attached hydrogens (tertiary/aromatic N) is 4. The predicted octanol–water partition coefficient (Wildman–Crippen LogP) is 2.21. The molecule has 0 aliphatic rings. The van der Waals surface area contributed by atoms with Crippen molar-refractivity contribution in [1.82, 2.24) is 19.8 Å². The number of rotatable bonds is 7. The van der Waals surface area contributed by atoms with Gasteiger partial charge in [0.2, 0.25) is 0 Å². The Balaban J connectivity index is 2.51. The van der Waals surface area contributed by atoms with Crippen molar-refractivity contribution in [2.45, 2.75) is 26.8 Å². The predicted molar refractivity (Wildman–Crippen MR) is 75.9 cm³/mol. The first kappa shape index (κ1) is 15.3. The molecular formula is C13H23ClN4. The highest BCUT2D eigenvalue weighted by Gasteiger charge is 2.07. The molecule has 5 heteroatoms. The van der Waals surface area contributed by atoms with Crippen LogP contribution in [-0.2, 0) is 6.54 Å². The van der Waals surface area contributed by atoms with Crippen LogP contribution in [0.1, 0.15) is 24.9 Å². The zero-order valence-electron chi connectivity index (χ0n) is 11.8. The Morgan fingerprint density at radius 2 is 1.94 bits per heavy atom. The van der Waals surface area contributed by atoms with Gasteiger partial charge < -0.3 is 4.90 Å². The quantitative estimate of drug-likeness (QED) is 0.711. The summed E-state index contributed by atoms with van der Waals surface area (Å²) in [4.78, 5) is 13.2. The lowest BCUT2D eigenvalue weighted by Gasteiger charge is -2.20. The van der Waals surface area contributed by atoms with E-state index < -0.39 is 0 Å². The largest absolute Gasteiger partial charge is 0.309 e. The zero-order chi connectivity index (χ0) is 13.5. The standard InChI is InChI=1S/C13H23ClN4/c1-5-18(8-6-7-17(3)4)10-13-15-11(2)9-12(14)16-13/h9H,5-8,10H2,1-4H3. The molecule has 0 aliphatic carbocycles. The summed E-state index contributed by atoms with van der Waals surface area (Å²) in [5.74, 6) is 0.812. The Morgan fingerprint density at radius 1 is 1.22 bits per heavy atom. The molecule has 0 saturated heterocycles. The fourth-order valence-electron chi connectivity index (χ4n) is 1.82. The maximum Gasteiger partial charge on any atom is 0.144 e. The van der Waals surface area contributed by atoms with Crippen LogP contribution >= 0.6 is 11.6 Å². The summed E-state index contributed by atoms with van der Waals surface area (Å²) in [6.07, 6.45) is 1.15. The zero-order valence-corrected chi connectivity index (χ0v) is 12.5. The molecule has 0 saturated carbocycles. The van der Waals surface area contributed by atoms with Crippen molar-refractivity contribution in [2.24, 2.45) is 0 Å². The lowest BCUT2D eigenvalue weighted by atomic mass is 10.3. The van der Waals surface area contributed by atoms with Gasteiger partial charge >= 0.3 is 0 Å². The van der Waals surface area contributed by atoms with Crippen molar-refractivity contribution in [3.63, 3.8) is 0 Å². The monoisotopic (exact) mass is 270 g/mol. The van der Waals surface area contributed by atoms with Gasteiger partial charge in [0.15, 0.2) is 0 Å². The summed E-state index contributed by atoms with van der Waals surface area (Å²) >= 11 is 5.95. The fraction of sp³-hybridized carbons (Fsp3) is 0.692. The number of halogens is 1. The molecule has 1 aromatic rings. The van der Waals surface area contributed by atoms with Gasteiger partial charge in [-0.2, -0.15) is 0 Å². The van der Waals surface area contributed by atoms with Crippen LogP contribution in [-0.4, -0.2) is 53.5 Å². The number of aromatic nitrogens is 2. The van der Waals surface area contributed by atoms with Crippen LogP contribution in [0.25, 0.3) is 0 Å². The number of hydrogen-bond donors (Lipinski definition) is 0. The van der Waals surface area contributed by atoms with E-state index >= 15 is 0 Å². The second-order valence-electron chi connectivity index (χ2n) is 4.77. The molecule has 0 atom stereocenters. The highest BCUT2D eigenvalue weighted by Crippen LogP contribution is 2.08. The van der Waals surface area contributed by atoms with Crippen molar-refractivity contribution in [3.8, 4) is 0 Å². The molecule has 0 amide bonds. The SMILES string of the molecule is CCN(CCCN(C)C)Cc1nc(C)cc(Cl)n1. The Kier molecular flexibility index (Phi) is 6.54. The van der Waals surface area contributed by atoms with Gasteiger partial charge in [-0.05, 0) is 53.1 Å². The summed E-state index contributed by atoms with van der Waals surface area (Å²) < 4.78 is 0. The molecule has 0 unspecified atom stereocenters. The molecule has 1 heterocycles. The molecule has 0 aromatic carbocycles. The third kappa shape index (κ3) is 5.76. The van der Waals surface area contributed by atoms with Gasteiger partial charge in [-0.15, -0.1) is 0 Å². The molecule has 1 aromatic heterocycles. The van der Waals surface area contributed by atoms with Crippen LogP contribution in [0.15, 0.2) is 6.07 Å². The fourth-order valence-corrected chi connectivity index (χ4v) is 2.07. The molecule has 1 rings (SSSR count). The maximum atomic E-state index is 5.95. The van der Waals surface area contributed by atoms with Crippen LogP contribution in [0.5, 0.6) is 0 Å². The Morgan fingerprint density at radius 3 is 2.50 bits per heavy atom. The molecule has 4 nitrogen and oxygen atoms in total. The topological polar surface area (TPSA) is 32.3 Å². The second kappa shape index (κ2) is 7.67. The molecule has 18 heavy (non-hydrogen) atoms. The van der Waals surface area contributed by atoms with Crippen LogP contribution in [0.3, 0.4) is 0 Å². The van der Waals surface area contributed by atoms with Crippen LogP contribution < -0.4 is 0 Å². The minimum absolute atomic E-state index is 0.529. The van der Waals surface area contributed by atoms with E-state index in [9.17, 15) is 0 Å². The van der Waals surface area contributed by atoms with E-state index in [1.165, 1.54) is 0 Å². The van der Waals surface area contributed by atoms with Crippen molar-refractivity contribution in [2.75, 3.05) is 33.7 Å². The van der Waals surface area contributed by atoms with Crippen molar-refractivity contribution < 1.29 is 0 Å². The average Bonchev–Trinajstić information content (AvgIpc) is 2.25. The minimum Gasteiger partial charge on any atom is -0.309 e. The molecule has 0 bridgehead atoms. The van der Waals surface area contributed by atoms with E-state index in [4.69, 9.17) is 11.6 Å². The van der Waals surface area contributed by atoms with Crippen LogP contribution in [0, 0.1) is 6.92 Å². The molecule has 102 valence electrons. The van der Waals surface area contributed by atoms with Gasteiger partial charge in [0, 0.05) is 5.69 Å². The first-order valence-electron chi connectivity index (χ1n) is 6.38. The first-order chi connectivity index (χ1) is 8.51. The number of aryl methyl sites for hydroxylation is 1. The highest BCUT2D eigenvalue weighted by molar-refractivity contribution is 6.29. The Labute approximate surface area is 115 Å². The average molecular weight is 271 g/mol. The third-order valence-corrected chi connectivity index (χ3v) is 2.95. The van der Waals surface area contributed by atoms with Crippen molar-refractivity contribution in [3.05, 3.63) is 22.7 Å².